The zero-order valence-corrected chi connectivity index (χ0v) is 12.8. The molecule has 0 bridgehead atoms. The van der Waals surface area contributed by atoms with Crippen molar-refractivity contribution in [1.82, 2.24) is 5.06 Å². The number of imide groups is 1. The zero-order chi connectivity index (χ0) is 16.8. The first-order chi connectivity index (χ1) is 11.6. The van der Waals surface area contributed by atoms with Crippen LogP contribution in [0.1, 0.15) is 31.8 Å². The van der Waals surface area contributed by atoms with Crippen molar-refractivity contribution in [3.63, 3.8) is 0 Å². The van der Waals surface area contributed by atoms with Gasteiger partial charge in [-0.25, -0.2) is 4.79 Å². The third-order valence-electron chi connectivity index (χ3n) is 4.16. The second kappa shape index (κ2) is 5.19. The van der Waals surface area contributed by atoms with E-state index < -0.39 is 23.9 Å². The van der Waals surface area contributed by atoms with Crippen LogP contribution in [0, 0.1) is 6.92 Å². The van der Waals surface area contributed by atoms with Crippen LogP contribution in [0.25, 0.3) is 0 Å². The molecule has 4 rings (SSSR count). The average Bonchev–Trinajstić information content (AvgIpc) is 3.12. The van der Waals surface area contributed by atoms with Gasteiger partial charge in [-0.2, -0.15) is 0 Å². The highest BCUT2D eigenvalue weighted by molar-refractivity contribution is 6.20. The Labute approximate surface area is 137 Å². The van der Waals surface area contributed by atoms with Gasteiger partial charge >= 0.3 is 5.97 Å². The minimum absolute atomic E-state index is 0.224. The Kier molecular flexibility index (Phi) is 3.13. The van der Waals surface area contributed by atoms with Crippen molar-refractivity contribution in [2.45, 2.75) is 19.4 Å². The van der Waals surface area contributed by atoms with E-state index in [1.807, 2.05) is 25.1 Å². The molecule has 2 aliphatic heterocycles. The number of amides is 2. The number of hydrogen-bond donors (Lipinski definition) is 0. The van der Waals surface area contributed by atoms with Gasteiger partial charge in [-0.15, -0.1) is 0 Å². The lowest BCUT2D eigenvalue weighted by Crippen LogP contribution is -2.38. The normalized spacial score (nSPS) is 18.2. The molecular weight excluding hydrogens is 310 g/mol. The van der Waals surface area contributed by atoms with Crippen molar-refractivity contribution in [3.8, 4) is 5.75 Å². The van der Waals surface area contributed by atoms with Gasteiger partial charge in [0.1, 0.15) is 5.75 Å². The van der Waals surface area contributed by atoms with Gasteiger partial charge in [0.05, 0.1) is 11.1 Å². The summed E-state index contributed by atoms with van der Waals surface area (Å²) < 4.78 is 5.63. The van der Waals surface area contributed by atoms with Crippen LogP contribution < -0.4 is 4.74 Å². The molecule has 24 heavy (non-hydrogen) atoms. The van der Waals surface area contributed by atoms with Crippen LogP contribution in [0.5, 0.6) is 5.75 Å². The van der Waals surface area contributed by atoms with Crippen LogP contribution in [0.3, 0.4) is 0 Å². The molecule has 0 fully saturated rings. The highest BCUT2D eigenvalue weighted by Gasteiger charge is 2.41. The Hall–Kier alpha value is -3.15. The summed E-state index contributed by atoms with van der Waals surface area (Å²) in [5.41, 5.74) is 2.27. The maximum atomic E-state index is 12.3. The number of rotatable bonds is 2. The van der Waals surface area contributed by atoms with E-state index in [4.69, 9.17) is 9.57 Å². The van der Waals surface area contributed by atoms with Gasteiger partial charge in [0.15, 0.2) is 0 Å². The molecule has 2 aromatic rings. The van der Waals surface area contributed by atoms with Gasteiger partial charge in [0.2, 0.25) is 6.10 Å². The van der Waals surface area contributed by atoms with Gasteiger partial charge < -0.3 is 9.57 Å². The van der Waals surface area contributed by atoms with Crippen LogP contribution >= 0.6 is 0 Å². The van der Waals surface area contributed by atoms with Gasteiger partial charge in [-0.05, 0) is 30.2 Å². The molecule has 6 heteroatoms. The van der Waals surface area contributed by atoms with E-state index in [9.17, 15) is 14.4 Å². The largest absolute Gasteiger partial charge is 0.478 e. The fraction of sp³-hybridized carbons (Fsp3) is 0.167. The van der Waals surface area contributed by atoms with Crippen molar-refractivity contribution >= 4 is 17.8 Å². The summed E-state index contributed by atoms with van der Waals surface area (Å²) >= 11 is 0. The van der Waals surface area contributed by atoms with E-state index in [-0.39, 0.29) is 11.1 Å². The number of nitrogens with zero attached hydrogens (tertiary/aromatic N) is 1. The van der Waals surface area contributed by atoms with Crippen LogP contribution in [-0.2, 0) is 16.1 Å². The first kappa shape index (κ1) is 14.4. The van der Waals surface area contributed by atoms with E-state index >= 15 is 0 Å². The quantitative estimate of drug-likeness (QED) is 0.791. The highest BCUT2D eigenvalue weighted by atomic mass is 16.7. The van der Waals surface area contributed by atoms with E-state index in [1.165, 1.54) is 12.1 Å². The van der Waals surface area contributed by atoms with Gasteiger partial charge in [0.25, 0.3) is 11.8 Å². The summed E-state index contributed by atoms with van der Waals surface area (Å²) in [6, 6.07) is 12.0. The topological polar surface area (TPSA) is 72.9 Å². The molecule has 6 nitrogen and oxygen atoms in total. The molecule has 0 spiro atoms. The molecule has 0 saturated carbocycles. The van der Waals surface area contributed by atoms with Crippen molar-refractivity contribution in [1.29, 1.82) is 0 Å². The maximum Gasteiger partial charge on any atom is 0.373 e. The van der Waals surface area contributed by atoms with Gasteiger partial charge in [-0.3, -0.25) is 9.59 Å². The maximum absolute atomic E-state index is 12.3. The molecule has 0 aliphatic carbocycles. The van der Waals surface area contributed by atoms with E-state index in [2.05, 4.69) is 0 Å². The summed E-state index contributed by atoms with van der Waals surface area (Å²) in [6.45, 7) is 1.89. The SMILES string of the molecule is Cc1cccc2c1OC(C(=O)ON1C(=O)c3ccccc3C1=O)C2. The number of aryl methyl sites for hydroxylation is 1. The lowest BCUT2D eigenvalue weighted by atomic mass is 10.1. The molecule has 1 atom stereocenters. The second-order valence-corrected chi connectivity index (χ2v) is 5.73. The predicted octanol–water partition coefficient (Wildman–Crippen LogP) is 2.05. The minimum atomic E-state index is -0.870. The van der Waals surface area contributed by atoms with Gasteiger partial charge in [-0.1, -0.05) is 35.4 Å². The second-order valence-electron chi connectivity index (χ2n) is 5.73. The number of carbonyl (C=O) groups is 3. The number of benzene rings is 2. The Morgan fingerprint density at radius 1 is 1.08 bits per heavy atom. The third kappa shape index (κ3) is 2.07. The zero-order valence-electron chi connectivity index (χ0n) is 12.8. The predicted molar refractivity (Wildman–Crippen MR) is 82.3 cm³/mol. The minimum Gasteiger partial charge on any atom is -0.478 e. The van der Waals surface area contributed by atoms with Crippen LogP contribution in [-0.4, -0.2) is 29.0 Å². The standard InChI is InChI=1S/C18H13NO5/c1-10-5-4-6-11-9-14(23-15(10)11)18(22)24-19-16(20)12-7-2-3-8-13(12)17(19)21/h2-8,14H,9H2,1H3. The Balaban J connectivity index is 1.52. The summed E-state index contributed by atoms with van der Waals surface area (Å²) in [5.74, 6) is -1.40. The first-order valence-corrected chi connectivity index (χ1v) is 7.51. The molecule has 0 saturated heterocycles. The number of fused-ring (bicyclic) bond motifs is 2. The Morgan fingerprint density at radius 3 is 2.38 bits per heavy atom. The molecule has 2 aromatic carbocycles. The number of carbonyl (C=O) groups excluding carboxylic acids is 3. The summed E-state index contributed by atoms with van der Waals surface area (Å²) in [6.07, 6.45) is -0.524. The lowest BCUT2D eigenvalue weighted by Gasteiger charge is -2.16. The molecule has 2 aliphatic rings. The first-order valence-electron chi connectivity index (χ1n) is 7.51. The van der Waals surface area contributed by atoms with E-state index in [1.54, 1.807) is 12.1 Å². The van der Waals surface area contributed by atoms with Crippen molar-refractivity contribution in [3.05, 3.63) is 64.7 Å². The highest BCUT2D eigenvalue weighted by Crippen LogP contribution is 2.33. The van der Waals surface area contributed by atoms with E-state index in [0.717, 1.165) is 11.1 Å². The van der Waals surface area contributed by atoms with Crippen LogP contribution in [0.2, 0.25) is 0 Å². The lowest BCUT2D eigenvalue weighted by molar-refractivity contribution is -0.176. The third-order valence-corrected chi connectivity index (χ3v) is 4.16. The van der Waals surface area contributed by atoms with E-state index in [0.29, 0.717) is 17.2 Å². The van der Waals surface area contributed by atoms with Crippen molar-refractivity contribution in [2.75, 3.05) is 0 Å². The smallest absolute Gasteiger partial charge is 0.373 e. The number of para-hydroxylation sites is 1. The Bertz CT molecular complexity index is 854. The Morgan fingerprint density at radius 2 is 1.75 bits per heavy atom. The van der Waals surface area contributed by atoms with Crippen molar-refractivity contribution in [2.24, 2.45) is 0 Å². The molecule has 120 valence electrons. The van der Waals surface area contributed by atoms with Crippen molar-refractivity contribution < 1.29 is 24.0 Å². The molecule has 2 amide bonds. The molecule has 0 radical (unpaired) electrons. The molecule has 2 heterocycles. The summed E-state index contributed by atoms with van der Waals surface area (Å²) in [7, 11) is 0. The van der Waals surface area contributed by atoms with Gasteiger partial charge in [0, 0.05) is 6.42 Å². The fourth-order valence-electron chi connectivity index (χ4n) is 2.96. The van der Waals surface area contributed by atoms with Crippen LogP contribution in [0.4, 0.5) is 0 Å². The number of ether oxygens (including phenoxy) is 1. The van der Waals surface area contributed by atoms with Crippen LogP contribution in [0.15, 0.2) is 42.5 Å². The molecular formula is C18H13NO5. The summed E-state index contributed by atoms with van der Waals surface area (Å²) in [4.78, 5) is 41.8. The average molecular weight is 323 g/mol. The molecule has 0 N–H and O–H groups in total. The number of hydrogen-bond acceptors (Lipinski definition) is 5. The summed E-state index contributed by atoms with van der Waals surface area (Å²) in [5, 5.41) is 0.506. The number of hydroxylamine groups is 2. The molecule has 1 unspecified atom stereocenters. The molecule has 0 aromatic heterocycles. The fourth-order valence-corrected chi connectivity index (χ4v) is 2.96. The monoisotopic (exact) mass is 323 g/mol.